The van der Waals surface area contributed by atoms with Gasteiger partial charge in [-0.3, -0.25) is 0 Å². The summed E-state index contributed by atoms with van der Waals surface area (Å²) in [5.41, 5.74) is 1.72. The zero-order valence-electron chi connectivity index (χ0n) is 10.6. The van der Waals surface area contributed by atoms with E-state index in [-0.39, 0.29) is 0 Å². The van der Waals surface area contributed by atoms with E-state index in [0.717, 1.165) is 24.4 Å². The highest BCUT2D eigenvalue weighted by Crippen LogP contribution is 2.27. The van der Waals surface area contributed by atoms with Gasteiger partial charge < -0.3 is 9.84 Å². The Balaban J connectivity index is 1.89. The Hall–Kier alpha value is -1.75. The van der Waals surface area contributed by atoms with Crippen LogP contribution in [0.15, 0.2) is 22.7 Å². The fourth-order valence-electron chi connectivity index (χ4n) is 2.35. The molecule has 1 N–H and O–H groups in total. The minimum atomic E-state index is 0.316. The minimum Gasteiger partial charge on any atom is -0.339 e. The first-order chi connectivity index (χ1) is 8.74. The second kappa shape index (κ2) is 4.49. The number of rotatable bonds is 2. The molecule has 0 amide bonds. The van der Waals surface area contributed by atoms with Crippen molar-refractivity contribution in [3.05, 3.63) is 29.8 Å². The predicted octanol–water partition coefficient (Wildman–Crippen LogP) is 1.91. The van der Waals surface area contributed by atoms with E-state index in [4.69, 9.17) is 4.52 Å². The summed E-state index contributed by atoms with van der Waals surface area (Å²) in [4.78, 5) is 8.88. The van der Waals surface area contributed by atoms with Crippen LogP contribution < -0.4 is 5.32 Å². The molecule has 5 nitrogen and oxygen atoms in total. The summed E-state index contributed by atoms with van der Waals surface area (Å²) in [7, 11) is 0. The lowest BCUT2D eigenvalue weighted by Gasteiger charge is -2.08. The Kier molecular flexibility index (Phi) is 2.83. The Morgan fingerprint density at radius 2 is 2.22 bits per heavy atom. The van der Waals surface area contributed by atoms with Gasteiger partial charge >= 0.3 is 0 Å². The highest BCUT2D eigenvalue weighted by molar-refractivity contribution is 5.48. The maximum atomic E-state index is 5.37. The Morgan fingerprint density at radius 1 is 1.33 bits per heavy atom. The fraction of sp³-hybridized carbons (Fsp3) is 0.462. The summed E-state index contributed by atoms with van der Waals surface area (Å²) >= 11 is 0. The van der Waals surface area contributed by atoms with Crippen LogP contribution >= 0.6 is 0 Å². The van der Waals surface area contributed by atoms with Gasteiger partial charge in [0.2, 0.25) is 11.7 Å². The molecule has 0 saturated carbocycles. The van der Waals surface area contributed by atoms with Crippen LogP contribution in [0.1, 0.15) is 30.8 Å². The van der Waals surface area contributed by atoms with Crippen LogP contribution in [0.5, 0.6) is 0 Å². The average Bonchev–Trinajstić information content (AvgIpc) is 2.97. The van der Waals surface area contributed by atoms with Crippen LogP contribution in [0.4, 0.5) is 0 Å². The van der Waals surface area contributed by atoms with E-state index in [0.29, 0.717) is 23.7 Å². The SMILES string of the molecule is Cc1cccc(-c2noc(C3CCNC3C)n2)n1. The highest BCUT2D eigenvalue weighted by Gasteiger charge is 2.29. The second-order valence-corrected chi connectivity index (χ2v) is 4.76. The molecule has 2 aromatic rings. The van der Waals surface area contributed by atoms with Crippen molar-refractivity contribution in [2.24, 2.45) is 0 Å². The van der Waals surface area contributed by atoms with E-state index < -0.39 is 0 Å². The number of nitrogens with one attached hydrogen (secondary N) is 1. The average molecular weight is 244 g/mol. The summed E-state index contributed by atoms with van der Waals surface area (Å²) in [6, 6.07) is 6.20. The van der Waals surface area contributed by atoms with Crippen LogP contribution in [0, 0.1) is 6.92 Å². The molecule has 3 heterocycles. The molecule has 2 aromatic heterocycles. The molecule has 0 aliphatic carbocycles. The maximum absolute atomic E-state index is 5.37. The first-order valence-electron chi connectivity index (χ1n) is 6.25. The molecule has 0 bridgehead atoms. The van der Waals surface area contributed by atoms with Crippen molar-refractivity contribution in [2.75, 3.05) is 6.54 Å². The summed E-state index contributed by atoms with van der Waals surface area (Å²) in [5, 5.41) is 7.41. The van der Waals surface area contributed by atoms with E-state index in [1.54, 1.807) is 0 Å². The largest absolute Gasteiger partial charge is 0.339 e. The van der Waals surface area contributed by atoms with Gasteiger partial charge in [-0.1, -0.05) is 11.2 Å². The maximum Gasteiger partial charge on any atom is 0.231 e. The number of nitrogens with zero attached hydrogens (tertiary/aromatic N) is 3. The molecule has 94 valence electrons. The lowest BCUT2D eigenvalue weighted by atomic mass is 10.0. The number of aryl methyl sites for hydroxylation is 1. The number of hydrogen-bond donors (Lipinski definition) is 1. The topological polar surface area (TPSA) is 63.8 Å². The van der Waals surface area contributed by atoms with E-state index in [9.17, 15) is 0 Å². The van der Waals surface area contributed by atoms with Gasteiger partial charge in [-0.2, -0.15) is 4.98 Å². The standard InChI is InChI=1S/C13H16N4O/c1-8-4-3-5-11(15-8)12-16-13(18-17-12)10-6-7-14-9(10)2/h3-5,9-10,14H,6-7H2,1-2H3. The summed E-state index contributed by atoms with van der Waals surface area (Å²) < 4.78 is 5.37. The number of aromatic nitrogens is 3. The zero-order valence-corrected chi connectivity index (χ0v) is 10.6. The van der Waals surface area contributed by atoms with Crippen molar-refractivity contribution in [2.45, 2.75) is 32.2 Å². The van der Waals surface area contributed by atoms with Crippen molar-refractivity contribution >= 4 is 0 Å². The first-order valence-corrected chi connectivity index (χ1v) is 6.25. The third-order valence-electron chi connectivity index (χ3n) is 3.40. The molecule has 2 unspecified atom stereocenters. The van der Waals surface area contributed by atoms with Gasteiger partial charge in [0.05, 0.1) is 5.92 Å². The van der Waals surface area contributed by atoms with Gasteiger partial charge in [-0.15, -0.1) is 0 Å². The zero-order chi connectivity index (χ0) is 12.5. The van der Waals surface area contributed by atoms with Gasteiger partial charge in [0.1, 0.15) is 5.69 Å². The fourth-order valence-corrected chi connectivity index (χ4v) is 2.35. The lowest BCUT2D eigenvalue weighted by Crippen LogP contribution is -2.21. The Morgan fingerprint density at radius 3 is 2.94 bits per heavy atom. The molecule has 1 aliphatic rings. The van der Waals surface area contributed by atoms with Crippen molar-refractivity contribution < 1.29 is 4.52 Å². The molecule has 3 rings (SSSR count). The lowest BCUT2D eigenvalue weighted by molar-refractivity contribution is 0.345. The highest BCUT2D eigenvalue weighted by atomic mass is 16.5. The molecule has 1 fully saturated rings. The molecule has 0 aromatic carbocycles. The van der Waals surface area contributed by atoms with E-state index >= 15 is 0 Å². The normalized spacial score (nSPS) is 23.4. The predicted molar refractivity (Wildman–Crippen MR) is 67.1 cm³/mol. The number of hydrogen-bond acceptors (Lipinski definition) is 5. The van der Waals surface area contributed by atoms with Crippen LogP contribution in [-0.2, 0) is 0 Å². The summed E-state index contributed by atoms with van der Waals surface area (Å²) in [6.45, 7) is 5.10. The molecule has 2 atom stereocenters. The van der Waals surface area contributed by atoms with Gasteiger partial charge in [-0.05, 0) is 38.9 Å². The minimum absolute atomic E-state index is 0.316. The second-order valence-electron chi connectivity index (χ2n) is 4.76. The van der Waals surface area contributed by atoms with Crippen LogP contribution in [0.25, 0.3) is 11.5 Å². The van der Waals surface area contributed by atoms with Gasteiger partial charge in [0.25, 0.3) is 0 Å². The van der Waals surface area contributed by atoms with Crippen molar-refractivity contribution in [3.63, 3.8) is 0 Å². The third-order valence-corrected chi connectivity index (χ3v) is 3.40. The van der Waals surface area contributed by atoms with Crippen molar-refractivity contribution in [1.82, 2.24) is 20.4 Å². The monoisotopic (exact) mass is 244 g/mol. The van der Waals surface area contributed by atoms with Crippen LogP contribution in [0.2, 0.25) is 0 Å². The molecule has 0 spiro atoms. The molecular formula is C13H16N4O. The molecule has 0 radical (unpaired) electrons. The summed E-state index contributed by atoms with van der Waals surface area (Å²) in [5.74, 6) is 1.61. The Bertz CT molecular complexity index is 551. The van der Waals surface area contributed by atoms with E-state index in [1.165, 1.54) is 0 Å². The van der Waals surface area contributed by atoms with Crippen LogP contribution in [0.3, 0.4) is 0 Å². The molecule has 1 aliphatic heterocycles. The van der Waals surface area contributed by atoms with Gasteiger partial charge in [-0.25, -0.2) is 4.98 Å². The first kappa shape index (κ1) is 11.3. The number of pyridine rings is 1. The molecular weight excluding hydrogens is 228 g/mol. The van der Waals surface area contributed by atoms with Gasteiger partial charge in [0.15, 0.2) is 0 Å². The van der Waals surface area contributed by atoms with E-state index in [1.807, 2.05) is 25.1 Å². The van der Waals surface area contributed by atoms with Gasteiger partial charge in [0, 0.05) is 11.7 Å². The smallest absolute Gasteiger partial charge is 0.231 e. The van der Waals surface area contributed by atoms with Crippen molar-refractivity contribution in [1.29, 1.82) is 0 Å². The Labute approximate surface area is 106 Å². The van der Waals surface area contributed by atoms with E-state index in [2.05, 4.69) is 27.4 Å². The molecule has 1 saturated heterocycles. The summed E-state index contributed by atoms with van der Waals surface area (Å²) in [6.07, 6.45) is 1.05. The molecule has 5 heteroatoms. The quantitative estimate of drug-likeness (QED) is 0.874. The third kappa shape index (κ3) is 2.01. The molecule has 18 heavy (non-hydrogen) atoms. The van der Waals surface area contributed by atoms with Crippen LogP contribution in [-0.4, -0.2) is 27.7 Å². The van der Waals surface area contributed by atoms with Crippen molar-refractivity contribution in [3.8, 4) is 11.5 Å².